The Morgan fingerprint density at radius 3 is 2.50 bits per heavy atom. The van der Waals surface area contributed by atoms with Crippen molar-refractivity contribution in [3.05, 3.63) is 24.3 Å². The molecule has 0 radical (unpaired) electrons. The standard InChI is InChI=1S/C7H12Si/c1-2-8-7-5-3-4-6-7/h3-7H,2,8H2,1H3. The highest BCUT2D eigenvalue weighted by Gasteiger charge is 1.99. The Labute approximate surface area is 53.1 Å². The Kier molecular flexibility index (Phi) is 2.09. The van der Waals surface area contributed by atoms with Crippen molar-refractivity contribution in [1.29, 1.82) is 0 Å². The molecule has 0 saturated carbocycles. The first kappa shape index (κ1) is 5.83. The lowest BCUT2D eigenvalue weighted by Crippen LogP contribution is -1.91. The molecule has 0 aromatic heterocycles. The highest BCUT2D eigenvalue weighted by molar-refractivity contribution is 6.39. The fourth-order valence-electron chi connectivity index (χ4n) is 1.00. The molecule has 0 aliphatic heterocycles. The third-order valence-electron chi connectivity index (χ3n) is 1.45. The van der Waals surface area contributed by atoms with Gasteiger partial charge in [0.1, 0.15) is 0 Å². The molecule has 0 aromatic rings. The van der Waals surface area contributed by atoms with E-state index in [0.717, 1.165) is 5.54 Å². The molecule has 8 heavy (non-hydrogen) atoms. The van der Waals surface area contributed by atoms with E-state index < -0.39 is 0 Å². The molecule has 0 spiro atoms. The second kappa shape index (κ2) is 2.87. The summed E-state index contributed by atoms with van der Waals surface area (Å²) in [6.45, 7) is 2.28. The van der Waals surface area contributed by atoms with Gasteiger partial charge in [0.15, 0.2) is 0 Å². The van der Waals surface area contributed by atoms with Gasteiger partial charge in [0.05, 0.1) is 0 Å². The molecular weight excluding hydrogens is 112 g/mol. The highest BCUT2D eigenvalue weighted by atomic mass is 28.2. The number of hydrogen-bond donors (Lipinski definition) is 0. The molecule has 1 aliphatic rings. The first-order valence-electron chi connectivity index (χ1n) is 3.28. The third-order valence-corrected chi connectivity index (χ3v) is 3.24. The maximum Gasteiger partial charge on any atom is 0.0324 e. The summed E-state index contributed by atoms with van der Waals surface area (Å²) >= 11 is 0. The van der Waals surface area contributed by atoms with Gasteiger partial charge in [0.25, 0.3) is 0 Å². The van der Waals surface area contributed by atoms with Crippen molar-refractivity contribution >= 4 is 9.52 Å². The summed E-state index contributed by atoms with van der Waals surface area (Å²) in [5, 5.41) is 0. The minimum Gasteiger partial charge on any atom is -0.0810 e. The average Bonchev–Trinajstić information content (AvgIpc) is 2.19. The molecule has 0 nitrogen and oxygen atoms in total. The highest BCUT2D eigenvalue weighted by Crippen LogP contribution is 2.14. The Bertz CT molecular complexity index is 102. The molecule has 0 amide bonds. The zero-order chi connectivity index (χ0) is 5.82. The summed E-state index contributed by atoms with van der Waals surface area (Å²) in [6, 6.07) is 1.43. The van der Waals surface area contributed by atoms with Crippen LogP contribution in [0.25, 0.3) is 0 Å². The van der Waals surface area contributed by atoms with E-state index in [1.807, 2.05) is 0 Å². The van der Waals surface area contributed by atoms with Gasteiger partial charge in [0, 0.05) is 9.52 Å². The van der Waals surface area contributed by atoms with E-state index >= 15 is 0 Å². The van der Waals surface area contributed by atoms with Crippen molar-refractivity contribution in [3.8, 4) is 0 Å². The Hall–Kier alpha value is -0.303. The average molecular weight is 124 g/mol. The number of allylic oxidation sites excluding steroid dienone is 4. The predicted molar refractivity (Wildman–Crippen MR) is 41.1 cm³/mol. The summed E-state index contributed by atoms with van der Waals surface area (Å²) in [5.74, 6) is 0. The molecule has 1 rings (SSSR count). The van der Waals surface area contributed by atoms with Crippen LogP contribution in [0, 0.1) is 0 Å². The Morgan fingerprint density at radius 1 is 1.38 bits per heavy atom. The van der Waals surface area contributed by atoms with Crippen LogP contribution < -0.4 is 0 Å². The number of hydrogen-bond acceptors (Lipinski definition) is 0. The van der Waals surface area contributed by atoms with Gasteiger partial charge in [-0.05, 0) is 5.54 Å². The van der Waals surface area contributed by atoms with E-state index in [9.17, 15) is 0 Å². The van der Waals surface area contributed by atoms with Crippen molar-refractivity contribution in [2.24, 2.45) is 0 Å². The van der Waals surface area contributed by atoms with Crippen LogP contribution in [0.4, 0.5) is 0 Å². The van der Waals surface area contributed by atoms with Gasteiger partial charge in [-0.2, -0.15) is 0 Å². The lowest BCUT2D eigenvalue weighted by Gasteiger charge is -1.97. The second-order valence-electron chi connectivity index (χ2n) is 2.22. The van der Waals surface area contributed by atoms with Crippen LogP contribution in [0.3, 0.4) is 0 Å². The van der Waals surface area contributed by atoms with Crippen molar-refractivity contribution in [3.63, 3.8) is 0 Å². The summed E-state index contributed by atoms with van der Waals surface area (Å²) in [6.07, 6.45) is 8.95. The van der Waals surface area contributed by atoms with E-state index in [1.54, 1.807) is 0 Å². The van der Waals surface area contributed by atoms with Gasteiger partial charge >= 0.3 is 0 Å². The minimum absolute atomic E-state index is 0.225. The monoisotopic (exact) mass is 124 g/mol. The van der Waals surface area contributed by atoms with Crippen molar-refractivity contribution < 1.29 is 0 Å². The molecule has 0 unspecified atom stereocenters. The van der Waals surface area contributed by atoms with Crippen LogP contribution in [0.5, 0.6) is 0 Å². The van der Waals surface area contributed by atoms with E-state index in [1.165, 1.54) is 6.04 Å². The fraction of sp³-hybridized carbons (Fsp3) is 0.429. The molecular formula is C7H12Si. The van der Waals surface area contributed by atoms with Crippen molar-refractivity contribution in [2.75, 3.05) is 0 Å². The molecule has 0 atom stereocenters. The largest absolute Gasteiger partial charge is 0.0810 e. The molecule has 0 N–H and O–H groups in total. The Morgan fingerprint density at radius 2 is 2.00 bits per heavy atom. The lowest BCUT2D eigenvalue weighted by atomic mass is 10.5. The minimum atomic E-state index is 0.225. The molecule has 0 aromatic carbocycles. The van der Waals surface area contributed by atoms with E-state index in [0.29, 0.717) is 0 Å². The molecule has 0 heterocycles. The van der Waals surface area contributed by atoms with Crippen molar-refractivity contribution in [1.82, 2.24) is 0 Å². The summed E-state index contributed by atoms with van der Waals surface area (Å²) in [5.41, 5.74) is 0.889. The van der Waals surface area contributed by atoms with Crippen LogP contribution in [0.2, 0.25) is 11.6 Å². The fourth-order valence-corrected chi connectivity index (χ4v) is 2.37. The summed E-state index contributed by atoms with van der Waals surface area (Å²) in [7, 11) is 0.225. The number of rotatable bonds is 2. The quantitative estimate of drug-likeness (QED) is 0.489. The normalized spacial score (nSPS) is 19.6. The first-order chi connectivity index (χ1) is 3.93. The van der Waals surface area contributed by atoms with Crippen LogP contribution in [0.15, 0.2) is 24.3 Å². The van der Waals surface area contributed by atoms with Crippen LogP contribution >= 0.6 is 0 Å². The third kappa shape index (κ3) is 1.34. The zero-order valence-electron chi connectivity index (χ0n) is 5.30. The smallest absolute Gasteiger partial charge is 0.0324 e. The van der Waals surface area contributed by atoms with Gasteiger partial charge in [-0.25, -0.2) is 0 Å². The van der Waals surface area contributed by atoms with Gasteiger partial charge in [-0.1, -0.05) is 37.3 Å². The van der Waals surface area contributed by atoms with Crippen LogP contribution in [-0.4, -0.2) is 9.52 Å². The van der Waals surface area contributed by atoms with Gasteiger partial charge in [-0.3, -0.25) is 0 Å². The van der Waals surface area contributed by atoms with E-state index in [-0.39, 0.29) is 9.52 Å². The van der Waals surface area contributed by atoms with Crippen LogP contribution in [-0.2, 0) is 0 Å². The van der Waals surface area contributed by atoms with E-state index in [4.69, 9.17) is 0 Å². The van der Waals surface area contributed by atoms with Crippen molar-refractivity contribution in [2.45, 2.75) is 18.5 Å². The van der Waals surface area contributed by atoms with Gasteiger partial charge < -0.3 is 0 Å². The zero-order valence-corrected chi connectivity index (χ0v) is 6.72. The Balaban J connectivity index is 2.27. The lowest BCUT2D eigenvalue weighted by molar-refractivity contribution is 1.32. The molecule has 0 fully saturated rings. The summed E-state index contributed by atoms with van der Waals surface area (Å²) < 4.78 is 0. The molecule has 1 heteroatoms. The summed E-state index contributed by atoms with van der Waals surface area (Å²) in [4.78, 5) is 0. The predicted octanol–water partition coefficient (Wildman–Crippen LogP) is 1.51. The maximum atomic E-state index is 2.32. The SMILES string of the molecule is CC[SiH2]C1C=CC=C1. The second-order valence-corrected chi connectivity index (χ2v) is 4.74. The van der Waals surface area contributed by atoms with E-state index in [2.05, 4.69) is 31.2 Å². The van der Waals surface area contributed by atoms with Crippen LogP contribution in [0.1, 0.15) is 6.92 Å². The molecule has 0 bridgehead atoms. The first-order valence-corrected chi connectivity index (χ1v) is 5.10. The topological polar surface area (TPSA) is 0 Å². The molecule has 0 saturated heterocycles. The van der Waals surface area contributed by atoms with Gasteiger partial charge in [-0.15, -0.1) is 0 Å². The molecule has 1 aliphatic carbocycles. The van der Waals surface area contributed by atoms with Gasteiger partial charge in [0.2, 0.25) is 0 Å². The molecule has 44 valence electrons. The maximum absolute atomic E-state index is 2.32.